The van der Waals surface area contributed by atoms with E-state index in [-0.39, 0.29) is 17.7 Å². The highest BCUT2D eigenvalue weighted by atomic mass is 16.5. The number of ketones is 1. The molecular weight excluding hydrogens is 418 g/mol. The number of rotatable bonds is 11. The fourth-order valence-electron chi connectivity index (χ4n) is 3.45. The summed E-state index contributed by atoms with van der Waals surface area (Å²) in [5, 5.41) is 3.13. The smallest absolute Gasteiger partial charge is 0.220 e. The number of amides is 1. The fraction of sp³-hybridized carbons (Fsp3) is 0.259. The van der Waals surface area contributed by atoms with Crippen LogP contribution in [0.4, 0.5) is 0 Å². The molecule has 6 heteroatoms. The molecule has 3 rings (SSSR count). The number of nitrogens with one attached hydrogen (secondary N) is 1. The van der Waals surface area contributed by atoms with Gasteiger partial charge in [0.25, 0.3) is 0 Å². The van der Waals surface area contributed by atoms with Crippen LogP contribution in [0.1, 0.15) is 47.3 Å². The summed E-state index contributed by atoms with van der Waals surface area (Å²) in [6.07, 6.45) is 0.848. The Kier molecular flexibility index (Phi) is 8.47. The molecule has 0 aliphatic rings. The molecule has 1 N–H and O–H groups in total. The summed E-state index contributed by atoms with van der Waals surface area (Å²) in [7, 11) is 3.16. The van der Waals surface area contributed by atoms with E-state index in [2.05, 4.69) is 5.32 Å². The lowest BCUT2D eigenvalue weighted by atomic mass is 9.98. The van der Waals surface area contributed by atoms with E-state index in [9.17, 15) is 9.59 Å². The summed E-state index contributed by atoms with van der Waals surface area (Å²) >= 11 is 0. The first-order valence-electron chi connectivity index (χ1n) is 10.8. The Morgan fingerprint density at radius 2 is 1.55 bits per heavy atom. The second kappa shape index (κ2) is 11.7. The highest BCUT2D eigenvalue weighted by Crippen LogP contribution is 2.28. The van der Waals surface area contributed by atoms with Gasteiger partial charge in [-0.15, -0.1) is 0 Å². The molecule has 3 aromatic carbocycles. The molecule has 0 radical (unpaired) electrons. The van der Waals surface area contributed by atoms with Crippen LogP contribution < -0.4 is 19.5 Å². The second-order valence-electron chi connectivity index (χ2n) is 7.56. The largest absolute Gasteiger partial charge is 0.497 e. The zero-order valence-corrected chi connectivity index (χ0v) is 19.2. The van der Waals surface area contributed by atoms with Crippen molar-refractivity contribution in [1.29, 1.82) is 0 Å². The third kappa shape index (κ3) is 6.59. The van der Waals surface area contributed by atoms with Crippen LogP contribution in [0.15, 0.2) is 72.8 Å². The van der Waals surface area contributed by atoms with Gasteiger partial charge in [-0.05, 0) is 54.8 Å². The average Bonchev–Trinajstić information content (AvgIpc) is 2.85. The molecule has 0 aliphatic heterocycles. The van der Waals surface area contributed by atoms with Crippen molar-refractivity contribution in [3.8, 4) is 17.2 Å². The number of ether oxygens (including phenoxy) is 3. The fourth-order valence-corrected chi connectivity index (χ4v) is 3.45. The third-order valence-electron chi connectivity index (χ3n) is 5.26. The van der Waals surface area contributed by atoms with Crippen LogP contribution in [-0.2, 0) is 4.79 Å². The van der Waals surface area contributed by atoms with Gasteiger partial charge in [-0.3, -0.25) is 9.59 Å². The molecule has 6 nitrogen and oxygen atoms in total. The molecule has 0 aliphatic carbocycles. The zero-order valence-electron chi connectivity index (χ0n) is 19.2. The van der Waals surface area contributed by atoms with Crippen molar-refractivity contribution in [2.75, 3.05) is 20.8 Å². The van der Waals surface area contributed by atoms with Gasteiger partial charge in [0.1, 0.15) is 5.75 Å². The topological polar surface area (TPSA) is 73.9 Å². The van der Waals surface area contributed by atoms with E-state index in [4.69, 9.17) is 14.2 Å². The number of carbonyl (C=O) groups excluding carboxylic acids is 2. The lowest BCUT2D eigenvalue weighted by Crippen LogP contribution is -2.29. The van der Waals surface area contributed by atoms with Gasteiger partial charge in [0, 0.05) is 12.0 Å². The van der Waals surface area contributed by atoms with Crippen LogP contribution in [0.5, 0.6) is 17.2 Å². The van der Waals surface area contributed by atoms with Crippen molar-refractivity contribution in [1.82, 2.24) is 5.32 Å². The van der Waals surface area contributed by atoms with E-state index in [1.54, 1.807) is 25.3 Å². The number of Topliss-reactive ketones (excluding diaryl/α,β-unsaturated/α-hetero) is 1. The van der Waals surface area contributed by atoms with Crippen LogP contribution in [-0.4, -0.2) is 32.5 Å². The standard InChI is InChI=1S/C27H29NO5/c1-19(29)22-13-16-24(25(18-22)32-3)33-17-7-10-26(30)28-27(20-8-5-4-6-9-20)21-11-14-23(31-2)15-12-21/h4-6,8-9,11-16,18,27H,7,10,17H2,1-3H3,(H,28,30). The molecule has 0 fully saturated rings. The predicted molar refractivity (Wildman–Crippen MR) is 127 cm³/mol. The van der Waals surface area contributed by atoms with Crippen LogP contribution in [0.3, 0.4) is 0 Å². The third-order valence-corrected chi connectivity index (χ3v) is 5.26. The molecule has 0 heterocycles. The molecular formula is C27H29NO5. The van der Waals surface area contributed by atoms with Crippen LogP contribution in [0.2, 0.25) is 0 Å². The highest BCUT2D eigenvalue weighted by molar-refractivity contribution is 5.94. The maximum atomic E-state index is 12.7. The Morgan fingerprint density at radius 3 is 2.18 bits per heavy atom. The molecule has 1 amide bonds. The predicted octanol–water partition coefficient (Wildman–Crippen LogP) is 4.97. The first-order chi connectivity index (χ1) is 16.0. The minimum atomic E-state index is -0.259. The van der Waals surface area contributed by atoms with E-state index in [0.29, 0.717) is 36.5 Å². The zero-order chi connectivity index (χ0) is 23.6. The van der Waals surface area contributed by atoms with Crippen molar-refractivity contribution in [3.05, 3.63) is 89.5 Å². The van der Waals surface area contributed by atoms with E-state index < -0.39 is 0 Å². The summed E-state index contributed by atoms with van der Waals surface area (Å²) in [5.41, 5.74) is 2.54. The van der Waals surface area contributed by atoms with E-state index in [1.807, 2.05) is 54.6 Å². The van der Waals surface area contributed by atoms with Gasteiger partial charge >= 0.3 is 0 Å². The Morgan fingerprint density at radius 1 is 0.848 bits per heavy atom. The molecule has 0 saturated carbocycles. The number of hydrogen-bond acceptors (Lipinski definition) is 5. The molecule has 0 saturated heterocycles. The van der Waals surface area contributed by atoms with E-state index in [1.165, 1.54) is 14.0 Å². The number of methoxy groups -OCH3 is 2. The lowest BCUT2D eigenvalue weighted by molar-refractivity contribution is -0.121. The number of carbonyl (C=O) groups is 2. The van der Waals surface area contributed by atoms with Gasteiger partial charge in [-0.25, -0.2) is 0 Å². The van der Waals surface area contributed by atoms with Crippen LogP contribution >= 0.6 is 0 Å². The first kappa shape index (κ1) is 23.9. The Labute approximate surface area is 194 Å². The minimum absolute atomic E-state index is 0.0404. The van der Waals surface area contributed by atoms with E-state index in [0.717, 1.165) is 16.9 Å². The number of benzene rings is 3. The molecule has 1 atom stereocenters. The average molecular weight is 448 g/mol. The summed E-state index contributed by atoms with van der Waals surface area (Å²) in [4.78, 5) is 24.3. The first-order valence-corrected chi connectivity index (χ1v) is 10.8. The van der Waals surface area contributed by atoms with Crippen LogP contribution in [0.25, 0.3) is 0 Å². The van der Waals surface area contributed by atoms with Gasteiger partial charge in [-0.1, -0.05) is 42.5 Å². The van der Waals surface area contributed by atoms with Gasteiger partial charge in [0.15, 0.2) is 17.3 Å². The van der Waals surface area contributed by atoms with Crippen LogP contribution in [0, 0.1) is 0 Å². The van der Waals surface area contributed by atoms with Crippen molar-refractivity contribution in [2.45, 2.75) is 25.8 Å². The van der Waals surface area contributed by atoms with Crippen molar-refractivity contribution in [2.24, 2.45) is 0 Å². The highest BCUT2D eigenvalue weighted by Gasteiger charge is 2.17. The minimum Gasteiger partial charge on any atom is -0.497 e. The maximum Gasteiger partial charge on any atom is 0.220 e. The van der Waals surface area contributed by atoms with Gasteiger partial charge in [0.05, 0.1) is 26.9 Å². The molecule has 172 valence electrons. The summed E-state index contributed by atoms with van der Waals surface area (Å²) in [5.74, 6) is 1.70. The Hall–Kier alpha value is -3.80. The summed E-state index contributed by atoms with van der Waals surface area (Å²) in [6, 6.07) is 22.3. The quantitative estimate of drug-likeness (QED) is 0.332. The normalized spacial score (nSPS) is 11.4. The maximum absolute atomic E-state index is 12.7. The van der Waals surface area contributed by atoms with Gasteiger partial charge in [-0.2, -0.15) is 0 Å². The number of hydrogen-bond donors (Lipinski definition) is 1. The Balaban J connectivity index is 1.59. The Bertz CT molecular complexity index is 1060. The van der Waals surface area contributed by atoms with Crippen molar-refractivity contribution < 1.29 is 23.8 Å². The van der Waals surface area contributed by atoms with E-state index >= 15 is 0 Å². The molecule has 3 aromatic rings. The van der Waals surface area contributed by atoms with Gasteiger partial charge in [0.2, 0.25) is 5.91 Å². The molecule has 1 unspecified atom stereocenters. The summed E-state index contributed by atoms with van der Waals surface area (Å²) < 4.78 is 16.3. The van der Waals surface area contributed by atoms with Crippen molar-refractivity contribution >= 4 is 11.7 Å². The molecule has 0 aromatic heterocycles. The summed E-state index contributed by atoms with van der Waals surface area (Å²) in [6.45, 7) is 1.85. The van der Waals surface area contributed by atoms with Gasteiger partial charge < -0.3 is 19.5 Å². The lowest BCUT2D eigenvalue weighted by Gasteiger charge is -2.20. The SMILES string of the molecule is COc1ccc(C(NC(=O)CCCOc2ccc(C(C)=O)cc2OC)c2ccccc2)cc1. The molecule has 0 bridgehead atoms. The monoisotopic (exact) mass is 447 g/mol. The molecule has 33 heavy (non-hydrogen) atoms. The van der Waals surface area contributed by atoms with Crippen molar-refractivity contribution in [3.63, 3.8) is 0 Å². The molecule has 0 spiro atoms. The second-order valence-corrected chi connectivity index (χ2v) is 7.56.